The van der Waals surface area contributed by atoms with Gasteiger partial charge in [0.1, 0.15) is 5.56 Å². The fourth-order valence-corrected chi connectivity index (χ4v) is 0.985. The van der Waals surface area contributed by atoms with E-state index in [0.29, 0.717) is 0 Å². The van der Waals surface area contributed by atoms with Crippen LogP contribution in [-0.4, -0.2) is 27.1 Å². The molecule has 0 atom stereocenters. The Kier molecular flexibility index (Phi) is 2.42. The van der Waals surface area contributed by atoms with E-state index in [4.69, 9.17) is 15.3 Å². The van der Waals surface area contributed by atoms with Crippen LogP contribution in [0.4, 0.5) is 0 Å². The second-order valence-electron chi connectivity index (χ2n) is 2.75. The number of aromatic hydroxyl groups is 2. The molecule has 14 heavy (non-hydrogen) atoms. The van der Waals surface area contributed by atoms with Crippen molar-refractivity contribution in [3.63, 3.8) is 0 Å². The van der Waals surface area contributed by atoms with E-state index in [0.717, 1.165) is 12.1 Å². The third-order valence-corrected chi connectivity index (χ3v) is 1.73. The lowest BCUT2D eigenvalue weighted by Gasteiger charge is -2.04. The Morgan fingerprint density at radius 3 is 2.21 bits per heavy atom. The quantitative estimate of drug-likeness (QED) is 0.484. The number of aromatic carboxylic acids is 1. The molecule has 74 valence electrons. The Labute approximate surface area is 79.2 Å². The van der Waals surface area contributed by atoms with Crippen LogP contribution in [0.2, 0.25) is 0 Å². The molecule has 0 aliphatic rings. The van der Waals surface area contributed by atoms with Gasteiger partial charge < -0.3 is 15.3 Å². The standard InChI is InChI=1S/C9H8O5/c1-4(10)5-2-6(9(13)14)8(12)7(11)3-5/h2-3,11-12H,1H3,(H,13,14). The molecule has 5 nitrogen and oxygen atoms in total. The van der Waals surface area contributed by atoms with E-state index >= 15 is 0 Å². The van der Waals surface area contributed by atoms with Crippen molar-refractivity contribution < 1.29 is 24.9 Å². The summed E-state index contributed by atoms with van der Waals surface area (Å²) >= 11 is 0. The zero-order valence-electron chi connectivity index (χ0n) is 7.31. The Hall–Kier alpha value is -2.04. The first-order valence-corrected chi connectivity index (χ1v) is 3.73. The molecule has 0 radical (unpaired) electrons. The number of carbonyl (C=O) groups excluding carboxylic acids is 1. The molecule has 0 spiro atoms. The van der Waals surface area contributed by atoms with Crippen LogP contribution in [0, 0.1) is 0 Å². The number of carboxylic acids is 1. The summed E-state index contributed by atoms with van der Waals surface area (Å²) in [7, 11) is 0. The van der Waals surface area contributed by atoms with Crippen LogP contribution in [0.15, 0.2) is 12.1 Å². The highest BCUT2D eigenvalue weighted by Crippen LogP contribution is 2.30. The molecule has 0 saturated heterocycles. The minimum absolute atomic E-state index is 0.0395. The third-order valence-electron chi connectivity index (χ3n) is 1.73. The van der Waals surface area contributed by atoms with E-state index in [1.165, 1.54) is 6.92 Å². The maximum absolute atomic E-state index is 10.9. The van der Waals surface area contributed by atoms with E-state index in [9.17, 15) is 9.59 Å². The summed E-state index contributed by atoms with van der Waals surface area (Å²) in [5, 5.41) is 26.9. The predicted molar refractivity (Wildman–Crippen MR) is 46.7 cm³/mol. The van der Waals surface area contributed by atoms with E-state index in [1.807, 2.05) is 0 Å². The van der Waals surface area contributed by atoms with Gasteiger partial charge in [-0.05, 0) is 19.1 Å². The second-order valence-corrected chi connectivity index (χ2v) is 2.75. The fraction of sp³-hybridized carbons (Fsp3) is 0.111. The first-order valence-electron chi connectivity index (χ1n) is 3.73. The smallest absolute Gasteiger partial charge is 0.339 e. The van der Waals surface area contributed by atoms with Crippen molar-refractivity contribution in [3.05, 3.63) is 23.3 Å². The SMILES string of the molecule is CC(=O)c1cc(O)c(O)c(C(=O)O)c1. The third kappa shape index (κ3) is 1.66. The Bertz CT molecular complexity index is 408. The average Bonchev–Trinajstić information content (AvgIpc) is 2.08. The topological polar surface area (TPSA) is 94.8 Å². The summed E-state index contributed by atoms with van der Waals surface area (Å²) in [6.45, 7) is 1.23. The second kappa shape index (κ2) is 3.37. The summed E-state index contributed by atoms with van der Waals surface area (Å²) in [6.07, 6.45) is 0. The molecule has 5 heteroatoms. The molecule has 0 aromatic heterocycles. The molecule has 0 aliphatic heterocycles. The summed E-state index contributed by atoms with van der Waals surface area (Å²) in [6, 6.07) is 2.03. The van der Waals surface area contributed by atoms with Crippen molar-refractivity contribution in [1.29, 1.82) is 0 Å². The van der Waals surface area contributed by atoms with Crippen LogP contribution < -0.4 is 0 Å². The number of benzene rings is 1. The van der Waals surface area contributed by atoms with Crippen molar-refractivity contribution >= 4 is 11.8 Å². The monoisotopic (exact) mass is 196 g/mol. The molecule has 1 aromatic rings. The molecular weight excluding hydrogens is 188 g/mol. The van der Waals surface area contributed by atoms with Gasteiger partial charge >= 0.3 is 5.97 Å². The zero-order chi connectivity index (χ0) is 10.9. The summed E-state index contributed by atoms with van der Waals surface area (Å²) in [5.74, 6) is -3.14. The van der Waals surface area contributed by atoms with E-state index < -0.39 is 23.0 Å². The van der Waals surface area contributed by atoms with Crippen LogP contribution >= 0.6 is 0 Å². The van der Waals surface area contributed by atoms with Crippen molar-refractivity contribution in [2.24, 2.45) is 0 Å². The number of carbonyl (C=O) groups is 2. The highest BCUT2D eigenvalue weighted by Gasteiger charge is 2.16. The molecule has 0 amide bonds. The maximum atomic E-state index is 10.9. The van der Waals surface area contributed by atoms with Gasteiger partial charge in [-0.15, -0.1) is 0 Å². The lowest BCUT2D eigenvalue weighted by molar-refractivity contribution is 0.0693. The number of ketones is 1. The zero-order valence-corrected chi connectivity index (χ0v) is 7.31. The molecule has 3 N–H and O–H groups in total. The van der Waals surface area contributed by atoms with E-state index in [2.05, 4.69) is 0 Å². The molecule has 0 unspecified atom stereocenters. The highest BCUT2D eigenvalue weighted by molar-refractivity contribution is 5.99. The van der Waals surface area contributed by atoms with Gasteiger partial charge in [-0.3, -0.25) is 4.79 Å². The molecule has 0 heterocycles. The number of phenols is 2. The van der Waals surface area contributed by atoms with Crippen molar-refractivity contribution in [2.45, 2.75) is 6.92 Å². The number of phenolic OH excluding ortho intramolecular Hbond substituents is 1. The van der Waals surface area contributed by atoms with Gasteiger partial charge in [0, 0.05) is 5.56 Å². The van der Waals surface area contributed by atoms with E-state index in [-0.39, 0.29) is 11.3 Å². The van der Waals surface area contributed by atoms with Gasteiger partial charge in [0.15, 0.2) is 17.3 Å². The Morgan fingerprint density at radius 1 is 1.21 bits per heavy atom. The summed E-state index contributed by atoms with van der Waals surface area (Å²) in [5.41, 5.74) is -0.451. The van der Waals surface area contributed by atoms with Gasteiger partial charge in [-0.25, -0.2) is 4.79 Å². The van der Waals surface area contributed by atoms with E-state index in [1.54, 1.807) is 0 Å². The predicted octanol–water partition coefficient (Wildman–Crippen LogP) is 0.999. The van der Waals surface area contributed by atoms with Gasteiger partial charge in [0.2, 0.25) is 0 Å². The van der Waals surface area contributed by atoms with Crippen LogP contribution in [0.5, 0.6) is 11.5 Å². The van der Waals surface area contributed by atoms with Crippen molar-refractivity contribution in [1.82, 2.24) is 0 Å². The number of Topliss-reactive ketones (excluding diaryl/α,β-unsaturated/α-hetero) is 1. The summed E-state index contributed by atoms with van der Waals surface area (Å²) in [4.78, 5) is 21.5. The number of hydrogen-bond donors (Lipinski definition) is 3. The Balaban J connectivity index is 3.43. The number of carboxylic acid groups (broad SMARTS) is 1. The molecular formula is C9H8O5. The van der Waals surface area contributed by atoms with Crippen molar-refractivity contribution in [3.8, 4) is 11.5 Å². The largest absolute Gasteiger partial charge is 0.504 e. The summed E-state index contributed by atoms with van der Waals surface area (Å²) < 4.78 is 0. The van der Waals surface area contributed by atoms with Crippen LogP contribution in [0.3, 0.4) is 0 Å². The number of rotatable bonds is 2. The molecule has 0 fully saturated rings. The number of hydrogen-bond acceptors (Lipinski definition) is 4. The lowest BCUT2D eigenvalue weighted by atomic mass is 10.1. The van der Waals surface area contributed by atoms with Crippen LogP contribution in [-0.2, 0) is 0 Å². The lowest BCUT2D eigenvalue weighted by Crippen LogP contribution is -2.01. The van der Waals surface area contributed by atoms with Crippen molar-refractivity contribution in [2.75, 3.05) is 0 Å². The van der Waals surface area contributed by atoms with Gasteiger partial charge in [0.25, 0.3) is 0 Å². The first-order chi connectivity index (χ1) is 6.43. The van der Waals surface area contributed by atoms with Gasteiger partial charge in [-0.1, -0.05) is 0 Å². The van der Waals surface area contributed by atoms with Crippen LogP contribution in [0.25, 0.3) is 0 Å². The molecule has 0 aliphatic carbocycles. The Morgan fingerprint density at radius 2 is 1.79 bits per heavy atom. The fourth-order valence-electron chi connectivity index (χ4n) is 0.985. The minimum atomic E-state index is -1.40. The van der Waals surface area contributed by atoms with Gasteiger partial charge in [0.05, 0.1) is 0 Å². The molecule has 1 aromatic carbocycles. The van der Waals surface area contributed by atoms with Crippen LogP contribution in [0.1, 0.15) is 27.6 Å². The normalized spacial score (nSPS) is 9.79. The highest BCUT2D eigenvalue weighted by atomic mass is 16.4. The molecule has 1 rings (SSSR count). The minimum Gasteiger partial charge on any atom is -0.504 e. The molecule has 0 bridgehead atoms. The maximum Gasteiger partial charge on any atom is 0.339 e. The average molecular weight is 196 g/mol. The first kappa shape index (κ1) is 10.0. The molecule has 0 saturated carbocycles. The van der Waals surface area contributed by atoms with Gasteiger partial charge in [-0.2, -0.15) is 0 Å².